The average molecular weight is 325 g/mol. The molecule has 1 saturated carbocycles. The Hall–Kier alpha value is -1.06. The second-order valence-electron chi connectivity index (χ2n) is 6.98. The molecule has 0 aliphatic heterocycles. The van der Waals surface area contributed by atoms with Gasteiger partial charge < -0.3 is 11.1 Å². The van der Waals surface area contributed by atoms with Gasteiger partial charge in [0.2, 0.25) is 5.91 Å². The maximum absolute atomic E-state index is 12.5. The lowest BCUT2D eigenvalue weighted by Gasteiger charge is -2.37. The van der Waals surface area contributed by atoms with Crippen LogP contribution in [0.2, 0.25) is 0 Å². The van der Waals surface area contributed by atoms with Crippen LogP contribution in [0.5, 0.6) is 0 Å². The molecule has 0 saturated heterocycles. The normalized spacial score (nSPS) is 17.4. The monoisotopic (exact) mass is 324 g/mol. The number of nitrogens with one attached hydrogen (secondary N) is 1. The van der Waals surface area contributed by atoms with Crippen molar-refractivity contribution in [1.29, 1.82) is 0 Å². The molecule has 0 unspecified atom stereocenters. The number of halogens is 1. The predicted molar refractivity (Wildman–Crippen MR) is 94.0 cm³/mol. The number of carbonyl (C=O) groups is 1. The molecule has 1 aromatic carbocycles. The molecule has 0 heterocycles. The first-order valence-electron chi connectivity index (χ1n) is 8.04. The van der Waals surface area contributed by atoms with E-state index >= 15 is 0 Å². The van der Waals surface area contributed by atoms with Gasteiger partial charge in [-0.2, -0.15) is 0 Å². The third-order valence-corrected chi connectivity index (χ3v) is 4.83. The zero-order valence-electron chi connectivity index (χ0n) is 13.7. The SMILES string of the molecule is CC(C)(NC(=O)CC1(CN)CCCCC1)c1ccccc1.Cl. The summed E-state index contributed by atoms with van der Waals surface area (Å²) in [4.78, 5) is 12.5. The minimum absolute atomic E-state index is 0. The van der Waals surface area contributed by atoms with Crippen LogP contribution in [0.25, 0.3) is 0 Å². The fourth-order valence-electron chi connectivity index (χ4n) is 3.42. The summed E-state index contributed by atoms with van der Waals surface area (Å²) in [5.41, 5.74) is 6.79. The Balaban J connectivity index is 0.00000242. The molecule has 1 amide bonds. The third kappa shape index (κ3) is 4.72. The summed E-state index contributed by atoms with van der Waals surface area (Å²) in [5, 5.41) is 3.18. The van der Waals surface area contributed by atoms with E-state index in [4.69, 9.17) is 5.73 Å². The van der Waals surface area contributed by atoms with E-state index in [2.05, 4.69) is 31.3 Å². The molecule has 3 N–H and O–H groups in total. The van der Waals surface area contributed by atoms with E-state index in [1.165, 1.54) is 19.3 Å². The van der Waals surface area contributed by atoms with E-state index in [0.717, 1.165) is 18.4 Å². The van der Waals surface area contributed by atoms with Gasteiger partial charge in [0.15, 0.2) is 0 Å². The highest BCUT2D eigenvalue weighted by Gasteiger charge is 2.34. The van der Waals surface area contributed by atoms with Crippen molar-refractivity contribution in [3.05, 3.63) is 35.9 Å². The molecule has 1 fully saturated rings. The molecular formula is C18H29ClN2O. The largest absolute Gasteiger partial charge is 0.347 e. The summed E-state index contributed by atoms with van der Waals surface area (Å²) >= 11 is 0. The number of hydrogen-bond acceptors (Lipinski definition) is 2. The Morgan fingerprint density at radius 3 is 2.32 bits per heavy atom. The van der Waals surface area contributed by atoms with Crippen molar-refractivity contribution in [2.24, 2.45) is 11.1 Å². The quantitative estimate of drug-likeness (QED) is 0.866. The van der Waals surface area contributed by atoms with Crippen LogP contribution in [0.1, 0.15) is 57.9 Å². The highest BCUT2D eigenvalue weighted by molar-refractivity contribution is 5.85. The molecule has 22 heavy (non-hydrogen) atoms. The van der Waals surface area contributed by atoms with Crippen molar-refractivity contribution in [3.63, 3.8) is 0 Å². The maximum atomic E-state index is 12.5. The lowest BCUT2D eigenvalue weighted by Crippen LogP contribution is -2.45. The second kappa shape index (κ2) is 7.98. The summed E-state index contributed by atoms with van der Waals surface area (Å²) in [5.74, 6) is 0.121. The standard InChI is InChI=1S/C18H28N2O.ClH/c1-17(2,15-9-5-3-6-10-15)20-16(21)13-18(14-19)11-7-4-8-12-18;/h3,5-6,9-10H,4,7-8,11-14,19H2,1-2H3,(H,20,21);1H. The van der Waals surface area contributed by atoms with Gasteiger partial charge in [-0.05, 0) is 44.2 Å². The van der Waals surface area contributed by atoms with Crippen LogP contribution < -0.4 is 11.1 Å². The van der Waals surface area contributed by atoms with Crippen LogP contribution in [0.3, 0.4) is 0 Å². The molecule has 1 aliphatic carbocycles. The lowest BCUT2D eigenvalue weighted by atomic mass is 9.71. The average Bonchev–Trinajstić information content (AvgIpc) is 2.48. The van der Waals surface area contributed by atoms with Gasteiger partial charge in [0.1, 0.15) is 0 Å². The zero-order chi connectivity index (χ0) is 15.3. The topological polar surface area (TPSA) is 55.1 Å². The molecule has 0 aromatic heterocycles. The van der Waals surface area contributed by atoms with Gasteiger partial charge in [-0.3, -0.25) is 4.79 Å². The van der Waals surface area contributed by atoms with Crippen molar-refractivity contribution in [1.82, 2.24) is 5.32 Å². The fraction of sp³-hybridized carbons (Fsp3) is 0.611. The van der Waals surface area contributed by atoms with E-state index in [1.54, 1.807) is 0 Å². The molecule has 124 valence electrons. The van der Waals surface area contributed by atoms with Gasteiger partial charge in [-0.15, -0.1) is 12.4 Å². The van der Waals surface area contributed by atoms with Gasteiger partial charge in [0.25, 0.3) is 0 Å². The summed E-state index contributed by atoms with van der Waals surface area (Å²) in [6.07, 6.45) is 6.41. The first kappa shape index (κ1) is 19.0. The molecule has 0 spiro atoms. The van der Waals surface area contributed by atoms with Crippen LogP contribution in [-0.4, -0.2) is 12.5 Å². The first-order valence-corrected chi connectivity index (χ1v) is 8.04. The third-order valence-electron chi connectivity index (χ3n) is 4.83. The zero-order valence-corrected chi connectivity index (χ0v) is 14.5. The number of carbonyl (C=O) groups excluding carboxylic acids is 1. The first-order chi connectivity index (χ1) is 9.97. The molecular weight excluding hydrogens is 296 g/mol. The van der Waals surface area contributed by atoms with Crippen molar-refractivity contribution in [2.75, 3.05) is 6.54 Å². The van der Waals surface area contributed by atoms with Crippen molar-refractivity contribution in [2.45, 2.75) is 57.9 Å². The Kier molecular flexibility index (Phi) is 6.89. The Labute approximate surface area is 140 Å². The number of hydrogen-bond donors (Lipinski definition) is 2. The highest BCUT2D eigenvalue weighted by Crippen LogP contribution is 2.38. The van der Waals surface area contributed by atoms with Crippen molar-refractivity contribution >= 4 is 18.3 Å². The van der Waals surface area contributed by atoms with Gasteiger partial charge >= 0.3 is 0 Å². The molecule has 0 bridgehead atoms. The van der Waals surface area contributed by atoms with E-state index < -0.39 is 0 Å². The van der Waals surface area contributed by atoms with E-state index in [9.17, 15) is 4.79 Å². The van der Waals surface area contributed by atoms with Crippen molar-refractivity contribution in [3.8, 4) is 0 Å². The maximum Gasteiger partial charge on any atom is 0.221 e. The fourth-order valence-corrected chi connectivity index (χ4v) is 3.42. The van der Waals surface area contributed by atoms with Gasteiger partial charge in [0, 0.05) is 6.42 Å². The number of benzene rings is 1. The van der Waals surface area contributed by atoms with Crippen LogP contribution in [0, 0.1) is 5.41 Å². The molecule has 1 aliphatic rings. The smallest absolute Gasteiger partial charge is 0.221 e. The minimum Gasteiger partial charge on any atom is -0.347 e. The van der Waals surface area contributed by atoms with Crippen LogP contribution in [-0.2, 0) is 10.3 Å². The number of amides is 1. The Morgan fingerprint density at radius 1 is 1.18 bits per heavy atom. The molecule has 3 nitrogen and oxygen atoms in total. The van der Waals surface area contributed by atoms with E-state index in [1.807, 2.05) is 18.2 Å². The van der Waals surface area contributed by atoms with Gasteiger partial charge in [-0.1, -0.05) is 49.6 Å². The minimum atomic E-state index is -0.344. The summed E-state index contributed by atoms with van der Waals surface area (Å²) in [6.45, 7) is 4.72. The van der Waals surface area contributed by atoms with Crippen molar-refractivity contribution < 1.29 is 4.79 Å². The highest BCUT2D eigenvalue weighted by atomic mass is 35.5. The van der Waals surface area contributed by atoms with E-state index in [-0.39, 0.29) is 29.3 Å². The Bertz CT molecular complexity index is 467. The second-order valence-corrected chi connectivity index (χ2v) is 6.98. The summed E-state index contributed by atoms with van der Waals surface area (Å²) in [7, 11) is 0. The summed E-state index contributed by atoms with van der Waals surface area (Å²) < 4.78 is 0. The Morgan fingerprint density at radius 2 is 1.77 bits per heavy atom. The summed E-state index contributed by atoms with van der Waals surface area (Å²) in [6, 6.07) is 10.1. The molecule has 2 rings (SSSR count). The number of nitrogens with two attached hydrogens (primary N) is 1. The molecule has 0 radical (unpaired) electrons. The predicted octanol–water partition coefficient (Wildman–Crippen LogP) is 3.76. The molecule has 1 aromatic rings. The van der Waals surface area contributed by atoms with Crippen LogP contribution >= 0.6 is 12.4 Å². The molecule has 0 atom stereocenters. The molecule has 4 heteroatoms. The van der Waals surface area contributed by atoms with Gasteiger partial charge in [-0.25, -0.2) is 0 Å². The number of rotatable bonds is 5. The van der Waals surface area contributed by atoms with Crippen LogP contribution in [0.15, 0.2) is 30.3 Å². The lowest BCUT2D eigenvalue weighted by molar-refractivity contribution is -0.125. The van der Waals surface area contributed by atoms with Gasteiger partial charge in [0.05, 0.1) is 5.54 Å². The van der Waals surface area contributed by atoms with Crippen LogP contribution in [0.4, 0.5) is 0 Å². The van der Waals surface area contributed by atoms with E-state index in [0.29, 0.717) is 13.0 Å².